The summed E-state index contributed by atoms with van der Waals surface area (Å²) in [5.41, 5.74) is 0.697. The predicted octanol–water partition coefficient (Wildman–Crippen LogP) is 2.56. The lowest BCUT2D eigenvalue weighted by molar-refractivity contribution is 0.0958. The Hall–Kier alpha value is -1.77. The Balaban J connectivity index is 1.75. The van der Waals surface area contributed by atoms with E-state index < -0.39 is 10.0 Å². The Morgan fingerprint density at radius 3 is 2.74 bits per heavy atom. The molecular weight excluding hydrogens is 382 g/mol. The van der Waals surface area contributed by atoms with Gasteiger partial charge in [0, 0.05) is 17.6 Å². The standard InChI is InChI=1S/C19H25N3O3S2/c1-27(24,25)20-13-12-16-10-11-17(26-16)19(23)22-14-6-5-9-18(22)21-15-7-3-2-4-8-15/h5-6,9-11,14-15,20H,2-4,7-8,12-13H2,1H3. The van der Waals surface area contributed by atoms with E-state index in [9.17, 15) is 13.2 Å². The maximum Gasteiger partial charge on any atom is 0.273 e. The number of carbonyl (C=O) groups is 1. The van der Waals surface area contributed by atoms with Crippen LogP contribution in [0.5, 0.6) is 0 Å². The predicted molar refractivity (Wildman–Crippen MR) is 107 cm³/mol. The lowest BCUT2D eigenvalue weighted by atomic mass is 9.96. The highest BCUT2D eigenvalue weighted by molar-refractivity contribution is 7.88. The van der Waals surface area contributed by atoms with Crippen molar-refractivity contribution in [3.05, 3.63) is 51.8 Å². The zero-order valence-electron chi connectivity index (χ0n) is 15.4. The van der Waals surface area contributed by atoms with Crippen LogP contribution in [0.3, 0.4) is 0 Å². The Morgan fingerprint density at radius 2 is 2.00 bits per heavy atom. The number of rotatable bonds is 6. The van der Waals surface area contributed by atoms with Crippen molar-refractivity contribution in [3.8, 4) is 0 Å². The highest BCUT2D eigenvalue weighted by Gasteiger charge is 2.15. The Morgan fingerprint density at radius 1 is 1.22 bits per heavy atom. The van der Waals surface area contributed by atoms with E-state index in [4.69, 9.17) is 4.99 Å². The van der Waals surface area contributed by atoms with Gasteiger partial charge in [-0.1, -0.05) is 25.3 Å². The molecule has 1 saturated carbocycles. The number of carbonyl (C=O) groups excluding carboxylic acids is 1. The maximum absolute atomic E-state index is 13.0. The minimum absolute atomic E-state index is 0.0996. The molecule has 0 radical (unpaired) electrons. The summed E-state index contributed by atoms with van der Waals surface area (Å²) in [5.74, 6) is -0.0996. The second-order valence-electron chi connectivity index (χ2n) is 6.84. The number of sulfonamides is 1. The Bertz CT molecular complexity index is 954. The van der Waals surface area contributed by atoms with Gasteiger partial charge in [-0.3, -0.25) is 14.4 Å². The Labute approximate surface area is 164 Å². The molecule has 0 aliphatic heterocycles. The molecule has 2 heterocycles. The first kappa shape index (κ1) is 20.0. The summed E-state index contributed by atoms with van der Waals surface area (Å²) in [6, 6.07) is 9.60. The van der Waals surface area contributed by atoms with E-state index in [2.05, 4.69) is 4.72 Å². The van der Waals surface area contributed by atoms with Crippen LogP contribution in [0.15, 0.2) is 41.5 Å². The zero-order valence-corrected chi connectivity index (χ0v) is 17.1. The molecule has 1 fully saturated rings. The highest BCUT2D eigenvalue weighted by atomic mass is 32.2. The summed E-state index contributed by atoms with van der Waals surface area (Å²) >= 11 is 1.39. The molecule has 1 aliphatic rings. The summed E-state index contributed by atoms with van der Waals surface area (Å²) in [4.78, 5) is 19.4. The smallest absolute Gasteiger partial charge is 0.267 e. The average molecular weight is 408 g/mol. The third kappa shape index (κ3) is 5.85. The molecule has 1 N–H and O–H groups in total. The number of hydrogen-bond donors (Lipinski definition) is 1. The van der Waals surface area contributed by atoms with E-state index in [1.807, 2.05) is 24.3 Å². The van der Waals surface area contributed by atoms with Gasteiger partial charge in [0.1, 0.15) is 5.49 Å². The summed E-state index contributed by atoms with van der Waals surface area (Å²) in [6.07, 6.45) is 9.29. The molecule has 0 spiro atoms. The third-order valence-corrected chi connectivity index (χ3v) is 6.42. The van der Waals surface area contributed by atoms with Crippen molar-refractivity contribution in [2.45, 2.75) is 44.6 Å². The maximum atomic E-state index is 13.0. The van der Waals surface area contributed by atoms with Gasteiger partial charge in [0.15, 0.2) is 0 Å². The van der Waals surface area contributed by atoms with Crippen LogP contribution < -0.4 is 10.2 Å². The molecule has 6 nitrogen and oxygen atoms in total. The average Bonchev–Trinajstić information content (AvgIpc) is 3.10. The summed E-state index contributed by atoms with van der Waals surface area (Å²) in [7, 11) is -3.20. The third-order valence-electron chi connectivity index (χ3n) is 4.55. The minimum Gasteiger partial charge on any atom is -0.267 e. The molecule has 2 aromatic heterocycles. The molecule has 2 aromatic rings. The second kappa shape index (κ2) is 8.95. The van der Waals surface area contributed by atoms with E-state index in [-0.39, 0.29) is 5.91 Å². The van der Waals surface area contributed by atoms with E-state index in [0.29, 0.717) is 29.4 Å². The van der Waals surface area contributed by atoms with Gasteiger partial charge in [0.05, 0.1) is 17.2 Å². The fourth-order valence-electron chi connectivity index (χ4n) is 3.21. The number of hydrogen-bond acceptors (Lipinski definition) is 5. The van der Waals surface area contributed by atoms with E-state index in [0.717, 1.165) is 24.0 Å². The second-order valence-corrected chi connectivity index (χ2v) is 9.84. The number of nitrogens with one attached hydrogen (secondary N) is 1. The summed E-state index contributed by atoms with van der Waals surface area (Å²) < 4.78 is 26.4. The molecule has 3 rings (SSSR count). The lowest BCUT2D eigenvalue weighted by Gasteiger charge is -2.17. The molecule has 0 saturated heterocycles. The van der Waals surface area contributed by atoms with Gasteiger partial charge >= 0.3 is 0 Å². The van der Waals surface area contributed by atoms with Crippen LogP contribution in [0.2, 0.25) is 0 Å². The normalized spacial score (nSPS) is 16.6. The monoisotopic (exact) mass is 407 g/mol. The first-order valence-electron chi connectivity index (χ1n) is 9.22. The van der Waals surface area contributed by atoms with Crippen LogP contribution in [0, 0.1) is 0 Å². The number of thiophene rings is 1. The zero-order chi connectivity index (χ0) is 19.3. The molecule has 1 aliphatic carbocycles. The quantitative estimate of drug-likeness (QED) is 0.799. The lowest BCUT2D eigenvalue weighted by Crippen LogP contribution is -2.28. The van der Waals surface area contributed by atoms with Gasteiger partial charge in [-0.05, 0) is 43.5 Å². The summed E-state index contributed by atoms with van der Waals surface area (Å²) in [6.45, 7) is 0.327. The van der Waals surface area contributed by atoms with Crippen LogP contribution in [0.25, 0.3) is 0 Å². The van der Waals surface area contributed by atoms with Crippen LogP contribution in [0.1, 0.15) is 46.7 Å². The van der Waals surface area contributed by atoms with Crippen molar-refractivity contribution < 1.29 is 13.2 Å². The van der Waals surface area contributed by atoms with Crippen LogP contribution in [-0.2, 0) is 16.4 Å². The first-order chi connectivity index (χ1) is 12.9. The molecule has 0 atom stereocenters. The molecule has 146 valence electrons. The van der Waals surface area contributed by atoms with Gasteiger partial charge in [-0.25, -0.2) is 13.1 Å². The van der Waals surface area contributed by atoms with Gasteiger partial charge in [-0.15, -0.1) is 11.3 Å². The van der Waals surface area contributed by atoms with Crippen molar-refractivity contribution >= 4 is 27.3 Å². The molecule has 0 bridgehead atoms. The largest absolute Gasteiger partial charge is 0.273 e. The van der Waals surface area contributed by atoms with Crippen LogP contribution >= 0.6 is 11.3 Å². The molecular formula is C19H25N3O3S2. The van der Waals surface area contributed by atoms with Gasteiger partial charge in [-0.2, -0.15) is 0 Å². The first-order valence-corrected chi connectivity index (χ1v) is 11.9. The summed E-state index contributed by atoms with van der Waals surface area (Å²) in [5, 5.41) is 0. The Kier molecular flexibility index (Phi) is 6.62. The topological polar surface area (TPSA) is 80.5 Å². The van der Waals surface area contributed by atoms with E-state index >= 15 is 0 Å². The molecule has 0 unspecified atom stereocenters. The van der Waals surface area contributed by atoms with Crippen molar-refractivity contribution in [2.24, 2.45) is 4.99 Å². The minimum atomic E-state index is -3.20. The number of pyridine rings is 1. The van der Waals surface area contributed by atoms with E-state index in [1.165, 1.54) is 30.6 Å². The van der Waals surface area contributed by atoms with Crippen LogP contribution in [0.4, 0.5) is 0 Å². The molecule has 8 heteroatoms. The van der Waals surface area contributed by atoms with Crippen molar-refractivity contribution in [1.29, 1.82) is 0 Å². The molecule has 27 heavy (non-hydrogen) atoms. The fraction of sp³-hybridized carbons (Fsp3) is 0.474. The van der Waals surface area contributed by atoms with Gasteiger partial charge in [0.2, 0.25) is 10.0 Å². The highest BCUT2D eigenvalue weighted by Crippen LogP contribution is 2.20. The fourth-order valence-corrected chi connectivity index (χ4v) is 4.63. The van der Waals surface area contributed by atoms with E-state index in [1.54, 1.807) is 16.8 Å². The SMILES string of the molecule is CS(=O)(=O)NCCc1ccc(C(=O)n2ccccc2=NC2CCCCC2)s1. The van der Waals surface area contributed by atoms with Crippen molar-refractivity contribution in [1.82, 2.24) is 9.29 Å². The molecule has 0 amide bonds. The number of nitrogens with zero attached hydrogens (tertiary/aromatic N) is 2. The van der Waals surface area contributed by atoms with Crippen molar-refractivity contribution in [3.63, 3.8) is 0 Å². The van der Waals surface area contributed by atoms with Gasteiger partial charge in [0.25, 0.3) is 5.91 Å². The number of aromatic nitrogens is 1. The van der Waals surface area contributed by atoms with Gasteiger partial charge < -0.3 is 0 Å². The molecule has 0 aromatic carbocycles. The van der Waals surface area contributed by atoms with Crippen LogP contribution in [-0.4, -0.2) is 37.7 Å². The van der Waals surface area contributed by atoms with Crippen molar-refractivity contribution in [2.75, 3.05) is 12.8 Å².